The molecular formula is C19H19N3O3. The molecule has 1 aromatic carbocycles. The molecule has 1 atom stereocenters. The number of amides is 1. The van der Waals surface area contributed by atoms with Crippen LogP contribution in [0, 0.1) is 0 Å². The van der Waals surface area contributed by atoms with Crippen LogP contribution >= 0.6 is 0 Å². The zero-order valence-electron chi connectivity index (χ0n) is 14.0. The molecule has 25 heavy (non-hydrogen) atoms. The number of carbonyl (C=O) groups excluding carboxylic acids is 1. The summed E-state index contributed by atoms with van der Waals surface area (Å²) < 4.78 is 10.7. The molecule has 1 fully saturated rings. The molecule has 1 saturated heterocycles. The van der Waals surface area contributed by atoms with Gasteiger partial charge >= 0.3 is 0 Å². The average molecular weight is 337 g/mol. The number of hydrogen-bond acceptors (Lipinski definition) is 5. The Bertz CT molecular complexity index is 852. The Morgan fingerprint density at radius 2 is 2.08 bits per heavy atom. The molecule has 0 bridgehead atoms. The van der Waals surface area contributed by atoms with Gasteiger partial charge in [0.25, 0.3) is 0 Å². The fourth-order valence-electron chi connectivity index (χ4n) is 3.09. The molecule has 3 aromatic rings. The third kappa shape index (κ3) is 3.20. The summed E-state index contributed by atoms with van der Waals surface area (Å²) in [6.07, 6.45) is 2.99. The molecule has 128 valence electrons. The molecule has 6 nitrogen and oxygen atoms in total. The lowest BCUT2D eigenvalue weighted by atomic mass is 10.1. The van der Waals surface area contributed by atoms with Crippen LogP contribution in [0.2, 0.25) is 0 Å². The van der Waals surface area contributed by atoms with Crippen molar-refractivity contribution in [2.45, 2.75) is 32.2 Å². The molecule has 0 radical (unpaired) electrons. The van der Waals surface area contributed by atoms with E-state index in [0.717, 1.165) is 17.7 Å². The van der Waals surface area contributed by atoms with Crippen molar-refractivity contribution in [1.29, 1.82) is 0 Å². The Hall–Kier alpha value is -2.89. The second-order valence-corrected chi connectivity index (χ2v) is 6.26. The summed E-state index contributed by atoms with van der Waals surface area (Å²) in [6.45, 7) is 3.16. The van der Waals surface area contributed by atoms with Crippen molar-refractivity contribution in [2.24, 2.45) is 0 Å². The van der Waals surface area contributed by atoms with E-state index in [2.05, 4.69) is 29.2 Å². The zero-order chi connectivity index (χ0) is 17.2. The Kier molecular flexibility index (Phi) is 4.09. The van der Waals surface area contributed by atoms with Gasteiger partial charge in [-0.25, -0.2) is 0 Å². The Morgan fingerprint density at radius 3 is 2.80 bits per heavy atom. The van der Waals surface area contributed by atoms with Gasteiger partial charge in [0.15, 0.2) is 0 Å². The highest BCUT2D eigenvalue weighted by molar-refractivity contribution is 5.79. The van der Waals surface area contributed by atoms with Crippen molar-refractivity contribution >= 4 is 5.91 Å². The van der Waals surface area contributed by atoms with Gasteiger partial charge in [-0.15, -0.1) is 0 Å². The molecule has 2 aromatic heterocycles. The highest BCUT2D eigenvalue weighted by Crippen LogP contribution is 2.29. The molecule has 4 rings (SSSR count). The predicted molar refractivity (Wildman–Crippen MR) is 90.6 cm³/mol. The molecule has 1 aliphatic heterocycles. The van der Waals surface area contributed by atoms with Crippen molar-refractivity contribution < 1.29 is 13.7 Å². The molecule has 3 heterocycles. The number of rotatable bonds is 5. The average Bonchev–Trinajstić information content (AvgIpc) is 3.37. The first-order chi connectivity index (χ1) is 12.2. The van der Waals surface area contributed by atoms with Crippen molar-refractivity contribution in [3.63, 3.8) is 0 Å². The van der Waals surface area contributed by atoms with Gasteiger partial charge in [0.1, 0.15) is 5.76 Å². The fourth-order valence-corrected chi connectivity index (χ4v) is 3.09. The number of likely N-dealkylation sites (tertiary alicyclic amines) is 1. The van der Waals surface area contributed by atoms with Crippen LogP contribution in [-0.4, -0.2) is 27.5 Å². The topological polar surface area (TPSA) is 72.4 Å². The maximum Gasteiger partial charge on any atom is 0.232 e. The number of carbonyl (C=O) groups is 1. The van der Waals surface area contributed by atoms with Gasteiger partial charge < -0.3 is 13.8 Å². The monoisotopic (exact) mass is 337 g/mol. The van der Waals surface area contributed by atoms with Crippen molar-refractivity contribution in [1.82, 2.24) is 15.0 Å². The van der Waals surface area contributed by atoms with E-state index in [1.165, 1.54) is 5.56 Å². The Labute approximate surface area is 145 Å². The smallest absolute Gasteiger partial charge is 0.232 e. The predicted octanol–water partition coefficient (Wildman–Crippen LogP) is 3.41. The number of aryl methyl sites for hydroxylation is 1. The minimum atomic E-state index is -0.0707. The zero-order valence-corrected chi connectivity index (χ0v) is 14.0. The van der Waals surface area contributed by atoms with Crippen molar-refractivity contribution in [2.75, 3.05) is 6.54 Å². The van der Waals surface area contributed by atoms with Crippen LogP contribution < -0.4 is 0 Å². The molecule has 0 N–H and O–H groups in total. The second-order valence-electron chi connectivity index (χ2n) is 6.26. The number of hydrogen-bond donors (Lipinski definition) is 0. The second kappa shape index (κ2) is 6.55. The van der Waals surface area contributed by atoms with Gasteiger partial charge in [0.2, 0.25) is 17.6 Å². The lowest BCUT2D eigenvalue weighted by molar-refractivity contribution is -0.128. The first-order valence-corrected chi connectivity index (χ1v) is 8.46. The SMILES string of the molecule is CCc1ccc(-c2noc(C3CC(=O)N(Cc4ccco4)C3)n2)cc1. The van der Waals surface area contributed by atoms with E-state index < -0.39 is 0 Å². The fraction of sp³-hybridized carbons (Fsp3) is 0.316. The quantitative estimate of drug-likeness (QED) is 0.713. The highest BCUT2D eigenvalue weighted by atomic mass is 16.5. The van der Waals surface area contributed by atoms with Crippen molar-refractivity contribution in [3.05, 3.63) is 59.9 Å². The van der Waals surface area contributed by atoms with Gasteiger partial charge in [0, 0.05) is 18.5 Å². The molecule has 1 amide bonds. The molecule has 6 heteroatoms. The van der Waals surface area contributed by atoms with Gasteiger partial charge in [-0.05, 0) is 24.1 Å². The lowest BCUT2D eigenvalue weighted by Crippen LogP contribution is -2.24. The van der Waals surface area contributed by atoms with Crippen LogP contribution in [0.25, 0.3) is 11.4 Å². The van der Waals surface area contributed by atoms with Crippen LogP contribution in [-0.2, 0) is 17.8 Å². The number of aromatic nitrogens is 2. The van der Waals surface area contributed by atoms with E-state index in [1.807, 2.05) is 24.3 Å². The van der Waals surface area contributed by atoms with Gasteiger partial charge in [-0.3, -0.25) is 4.79 Å². The van der Waals surface area contributed by atoms with Crippen LogP contribution in [0.5, 0.6) is 0 Å². The molecular weight excluding hydrogens is 318 g/mol. The van der Waals surface area contributed by atoms with E-state index in [-0.39, 0.29) is 11.8 Å². The minimum absolute atomic E-state index is 0.0707. The number of benzene rings is 1. The largest absolute Gasteiger partial charge is 0.467 e. The first kappa shape index (κ1) is 15.6. The number of furan rings is 1. The molecule has 0 spiro atoms. The summed E-state index contributed by atoms with van der Waals surface area (Å²) in [5.74, 6) is 1.86. The van der Waals surface area contributed by atoms with E-state index in [0.29, 0.717) is 31.2 Å². The van der Waals surface area contributed by atoms with Crippen LogP contribution in [0.4, 0.5) is 0 Å². The summed E-state index contributed by atoms with van der Waals surface area (Å²) in [5.41, 5.74) is 2.19. The summed E-state index contributed by atoms with van der Waals surface area (Å²) in [7, 11) is 0. The van der Waals surface area contributed by atoms with Gasteiger partial charge in [0.05, 0.1) is 18.7 Å². The maximum atomic E-state index is 12.2. The van der Waals surface area contributed by atoms with E-state index >= 15 is 0 Å². The summed E-state index contributed by atoms with van der Waals surface area (Å²) in [6, 6.07) is 11.8. The Balaban J connectivity index is 1.47. The minimum Gasteiger partial charge on any atom is -0.467 e. The Morgan fingerprint density at radius 1 is 1.24 bits per heavy atom. The van der Waals surface area contributed by atoms with Crippen LogP contribution in [0.1, 0.15) is 36.5 Å². The normalized spacial score (nSPS) is 17.4. The highest BCUT2D eigenvalue weighted by Gasteiger charge is 2.34. The first-order valence-electron chi connectivity index (χ1n) is 8.46. The van der Waals surface area contributed by atoms with Gasteiger partial charge in [-0.2, -0.15) is 4.98 Å². The molecule has 1 unspecified atom stereocenters. The molecule has 0 saturated carbocycles. The summed E-state index contributed by atoms with van der Waals surface area (Å²) in [4.78, 5) is 18.5. The molecule has 1 aliphatic rings. The maximum absolute atomic E-state index is 12.2. The summed E-state index contributed by atoms with van der Waals surface area (Å²) >= 11 is 0. The third-order valence-electron chi connectivity index (χ3n) is 4.55. The van der Waals surface area contributed by atoms with Crippen molar-refractivity contribution in [3.8, 4) is 11.4 Å². The van der Waals surface area contributed by atoms with E-state index in [1.54, 1.807) is 11.2 Å². The molecule has 0 aliphatic carbocycles. The lowest BCUT2D eigenvalue weighted by Gasteiger charge is -2.13. The standard InChI is InChI=1S/C19H19N3O3/c1-2-13-5-7-14(8-6-13)18-20-19(25-21-18)15-10-17(23)22(11-15)12-16-4-3-9-24-16/h3-9,15H,2,10-12H2,1H3. The van der Waals surface area contributed by atoms with Crippen LogP contribution in [0.3, 0.4) is 0 Å². The third-order valence-corrected chi connectivity index (χ3v) is 4.55. The van der Waals surface area contributed by atoms with Crippen LogP contribution in [0.15, 0.2) is 51.6 Å². The number of nitrogens with zero attached hydrogens (tertiary/aromatic N) is 3. The van der Waals surface area contributed by atoms with Gasteiger partial charge in [-0.1, -0.05) is 36.3 Å². The van der Waals surface area contributed by atoms with E-state index in [4.69, 9.17) is 8.94 Å². The summed E-state index contributed by atoms with van der Waals surface area (Å²) in [5, 5.41) is 4.08. The van der Waals surface area contributed by atoms with E-state index in [9.17, 15) is 4.79 Å².